The van der Waals surface area contributed by atoms with E-state index in [1.54, 1.807) is 22.7 Å². The van der Waals surface area contributed by atoms with Gasteiger partial charge in [-0.2, -0.15) is 4.98 Å². The fraction of sp³-hybridized carbons (Fsp3) is 0.280. The molecule has 1 aromatic carbocycles. The predicted octanol–water partition coefficient (Wildman–Crippen LogP) is 6.24. The van der Waals surface area contributed by atoms with Crippen LogP contribution in [-0.2, 0) is 24.1 Å². The van der Waals surface area contributed by atoms with E-state index >= 15 is 0 Å². The van der Waals surface area contributed by atoms with E-state index in [0.29, 0.717) is 31.0 Å². The molecule has 9 heteroatoms. The first kappa shape index (κ1) is 21.2. The normalized spacial score (nSPS) is 13.3. The Labute approximate surface area is 204 Å². The smallest absolute Gasteiger partial charge is 0.226 e. The Morgan fingerprint density at radius 2 is 2.03 bits per heavy atom. The molecule has 0 unspecified atom stereocenters. The second-order valence-corrected chi connectivity index (χ2v) is 10.5. The van der Waals surface area contributed by atoms with Crippen LogP contribution in [0.4, 0.5) is 5.00 Å². The van der Waals surface area contributed by atoms with Gasteiger partial charge in [0.1, 0.15) is 10.8 Å². The lowest BCUT2D eigenvalue weighted by Crippen LogP contribution is -2.11. The van der Waals surface area contributed by atoms with E-state index < -0.39 is 0 Å². The molecule has 0 aliphatic heterocycles. The van der Waals surface area contributed by atoms with Gasteiger partial charge in [0.2, 0.25) is 17.6 Å². The fourth-order valence-corrected chi connectivity index (χ4v) is 6.38. The van der Waals surface area contributed by atoms with Gasteiger partial charge in [-0.15, -0.1) is 22.7 Å². The summed E-state index contributed by atoms with van der Waals surface area (Å²) >= 11 is 3.27. The zero-order valence-corrected chi connectivity index (χ0v) is 20.1. The Bertz CT molecular complexity index is 1410. The molecule has 0 bridgehead atoms. The molecule has 4 heterocycles. The number of thiophene rings is 2. The summed E-state index contributed by atoms with van der Waals surface area (Å²) in [5.41, 5.74) is 4.33. The number of nitrogens with zero attached hydrogens (tertiary/aromatic N) is 3. The second-order valence-electron chi connectivity index (χ2n) is 8.41. The maximum absolute atomic E-state index is 12.9. The molecule has 4 aromatic heterocycles. The highest BCUT2D eigenvalue weighted by Gasteiger charge is 2.25. The summed E-state index contributed by atoms with van der Waals surface area (Å²) in [6.07, 6.45) is 6.05. The van der Waals surface area contributed by atoms with Gasteiger partial charge >= 0.3 is 0 Å². The van der Waals surface area contributed by atoms with Crippen LogP contribution in [0.2, 0.25) is 0 Å². The van der Waals surface area contributed by atoms with Crippen molar-refractivity contribution >= 4 is 44.6 Å². The predicted molar refractivity (Wildman–Crippen MR) is 135 cm³/mol. The number of fused-ring (bicyclic) bond motifs is 2. The number of nitrogens with one attached hydrogen (secondary N) is 2. The molecule has 0 spiro atoms. The van der Waals surface area contributed by atoms with E-state index in [4.69, 9.17) is 9.51 Å². The molecule has 1 aliphatic carbocycles. The van der Waals surface area contributed by atoms with E-state index in [2.05, 4.69) is 20.4 Å². The fourth-order valence-electron chi connectivity index (χ4n) is 4.43. The number of imidazole rings is 1. The van der Waals surface area contributed by atoms with Gasteiger partial charge in [0.25, 0.3) is 0 Å². The summed E-state index contributed by atoms with van der Waals surface area (Å²) in [5.74, 6) is 2.00. The Kier molecular flexibility index (Phi) is 5.72. The van der Waals surface area contributed by atoms with Crippen LogP contribution >= 0.6 is 22.7 Å². The van der Waals surface area contributed by atoms with Crippen molar-refractivity contribution in [2.24, 2.45) is 0 Å². The first-order valence-electron chi connectivity index (χ1n) is 11.5. The Balaban J connectivity index is 1.17. The van der Waals surface area contributed by atoms with Crippen LogP contribution < -0.4 is 5.32 Å². The summed E-state index contributed by atoms with van der Waals surface area (Å²) < 4.78 is 5.35. The molecule has 1 amide bonds. The standard InChI is InChI=1S/C25H23N5O2S2/c31-20(12-5-13-21-29-23(30-32-21)19-11-6-14-33-19)28-25-22(15-7-1-4-10-18(15)34-25)24-26-16-8-2-3-9-17(16)27-24/h2-3,6,8-9,11,14H,1,4-5,7,10,12-13H2,(H,26,27)(H,28,31). The van der Waals surface area contributed by atoms with Crippen LogP contribution in [0.25, 0.3) is 33.1 Å². The van der Waals surface area contributed by atoms with E-state index in [-0.39, 0.29) is 5.91 Å². The SMILES string of the molecule is O=C(CCCc1nc(-c2cccs2)no1)Nc1sc2c(c1-c1nc3ccccc3[nH]1)CCCC2. The molecular formula is C25H23N5O2S2. The number of aryl methyl sites for hydroxylation is 2. The van der Waals surface area contributed by atoms with Crippen LogP contribution in [0.15, 0.2) is 46.3 Å². The van der Waals surface area contributed by atoms with Crippen molar-refractivity contribution in [1.29, 1.82) is 0 Å². The minimum Gasteiger partial charge on any atom is -0.339 e. The van der Waals surface area contributed by atoms with E-state index in [9.17, 15) is 4.79 Å². The van der Waals surface area contributed by atoms with Gasteiger partial charge in [-0.1, -0.05) is 23.4 Å². The number of aromatic amines is 1. The number of amides is 1. The van der Waals surface area contributed by atoms with Gasteiger partial charge in [0.15, 0.2) is 0 Å². The highest BCUT2D eigenvalue weighted by atomic mass is 32.1. The number of anilines is 1. The minimum absolute atomic E-state index is 0.00560. The Morgan fingerprint density at radius 1 is 1.12 bits per heavy atom. The molecule has 34 heavy (non-hydrogen) atoms. The van der Waals surface area contributed by atoms with Crippen LogP contribution in [0.5, 0.6) is 0 Å². The van der Waals surface area contributed by atoms with Gasteiger partial charge in [0.05, 0.1) is 21.5 Å². The average molecular weight is 490 g/mol. The van der Waals surface area contributed by atoms with Crippen molar-refractivity contribution in [3.05, 3.63) is 58.1 Å². The van der Waals surface area contributed by atoms with Crippen molar-refractivity contribution < 1.29 is 9.32 Å². The molecule has 2 N–H and O–H groups in total. The molecule has 0 atom stereocenters. The lowest BCUT2D eigenvalue weighted by atomic mass is 9.95. The number of carbonyl (C=O) groups excluding carboxylic acids is 1. The number of hydrogen-bond donors (Lipinski definition) is 2. The Morgan fingerprint density at radius 3 is 2.91 bits per heavy atom. The van der Waals surface area contributed by atoms with Crippen molar-refractivity contribution in [3.8, 4) is 22.1 Å². The first-order valence-corrected chi connectivity index (χ1v) is 13.2. The molecule has 0 saturated heterocycles. The van der Waals surface area contributed by atoms with E-state index in [1.807, 2.05) is 41.8 Å². The molecule has 0 saturated carbocycles. The van der Waals surface area contributed by atoms with Crippen LogP contribution in [-0.4, -0.2) is 26.0 Å². The third kappa shape index (κ3) is 4.17. The minimum atomic E-state index is -0.00560. The molecule has 0 fully saturated rings. The zero-order valence-electron chi connectivity index (χ0n) is 18.5. The number of H-pyrrole nitrogens is 1. The average Bonchev–Trinajstić information content (AvgIpc) is 3.63. The van der Waals surface area contributed by atoms with Crippen molar-refractivity contribution in [1.82, 2.24) is 20.1 Å². The molecule has 5 aromatic rings. The molecule has 7 nitrogen and oxygen atoms in total. The van der Waals surface area contributed by atoms with E-state index in [1.165, 1.54) is 23.3 Å². The first-order chi connectivity index (χ1) is 16.7. The van der Waals surface area contributed by atoms with Gasteiger partial charge < -0.3 is 14.8 Å². The maximum atomic E-state index is 12.9. The number of hydrogen-bond acceptors (Lipinski definition) is 7. The largest absolute Gasteiger partial charge is 0.339 e. The number of rotatable bonds is 7. The second kappa shape index (κ2) is 9.15. The third-order valence-corrected chi connectivity index (χ3v) is 8.13. The van der Waals surface area contributed by atoms with Crippen molar-refractivity contribution in [2.45, 2.75) is 44.9 Å². The zero-order chi connectivity index (χ0) is 22.9. The number of carbonyl (C=O) groups is 1. The van der Waals surface area contributed by atoms with Gasteiger partial charge in [0, 0.05) is 17.7 Å². The molecule has 6 rings (SSSR count). The summed E-state index contributed by atoms with van der Waals surface area (Å²) in [6.45, 7) is 0. The molecular weight excluding hydrogens is 466 g/mol. The van der Waals surface area contributed by atoms with Gasteiger partial charge in [-0.05, 0) is 61.2 Å². The summed E-state index contributed by atoms with van der Waals surface area (Å²) in [5, 5.41) is 10.1. The van der Waals surface area contributed by atoms with Crippen LogP contribution in [0, 0.1) is 0 Å². The van der Waals surface area contributed by atoms with E-state index in [0.717, 1.165) is 45.1 Å². The summed E-state index contributed by atoms with van der Waals surface area (Å²) in [6, 6.07) is 12.0. The number of aromatic nitrogens is 4. The van der Waals surface area contributed by atoms with Gasteiger partial charge in [-0.3, -0.25) is 4.79 Å². The van der Waals surface area contributed by atoms with Gasteiger partial charge in [-0.25, -0.2) is 4.98 Å². The number of para-hydroxylation sites is 2. The van der Waals surface area contributed by atoms with Crippen LogP contribution in [0.1, 0.15) is 42.0 Å². The lowest BCUT2D eigenvalue weighted by molar-refractivity contribution is -0.116. The topological polar surface area (TPSA) is 96.7 Å². The lowest BCUT2D eigenvalue weighted by Gasteiger charge is -2.12. The highest BCUT2D eigenvalue weighted by molar-refractivity contribution is 7.17. The number of benzene rings is 1. The summed E-state index contributed by atoms with van der Waals surface area (Å²) in [7, 11) is 0. The van der Waals surface area contributed by atoms with Crippen molar-refractivity contribution in [3.63, 3.8) is 0 Å². The third-order valence-electron chi connectivity index (χ3n) is 6.05. The maximum Gasteiger partial charge on any atom is 0.226 e. The molecule has 172 valence electrons. The van der Waals surface area contributed by atoms with Crippen LogP contribution in [0.3, 0.4) is 0 Å². The monoisotopic (exact) mass is 489 g/mol. The molecule has 1 aliphatic rings. The summed E-state index contributed by atoms with van der Waals surface area (Å²) in [4.78, 5) is 27.9. The Hall–Kier alpha value is -3.30. The quantitative estimate of drug-likeness (QED) is 0.282. The van der Waals surface area contributed by atoms with Crippen molar-refractivity contribution in [2.75, 3.05) is 5.32 Å². The highest BCUT2D eigenvalue weighted by Crippen LogP contribution is 2.43. The molecule has 0 radical (unpaired) electrons.